The molecule has 0 aromatic heterocycles. The molecule has 2 aromatic carbocycles. The predicted molar refractivity (Wildman–Crippen MR) is 79.6 cm³/mol. The van der Waals surface area contributed by atoms with E-state index in [4.69, 9.17) is 5.26 Å². The fourth-order valence-electron chi connectivity index (χ4n) is 2.48. The monoisotopic (exact) mass is 374 g/mol. The zero-order valence-corrected chi connectivity index (χ0v) is 13.1. The summed E-state index contributed by atoms with van der Waals surface area (Å²) >= 11 is 0.822. The van der Waals surface area contributed by atoms with E-state index in [0.29, 0.717) is 11.4 Å². The van der Waals surface area contributed by atoms with Gasteiger partial charge in [-0.3, -0.25) is 0 Å². The van der Waals surface area contributed by atoms with Gasteiger partial charge in [-0.2, -0.15) is 31.6 Å². The topological polar surface area (TPSA) is 27.0 Å². The molecule has 0 fully saturated rings. The molecule has 0 N–H and O–H groups in total. The number of anilines is 2. The van der Waals surface area contributed by atoms with Crippen LogP contribution in [0.5, 0.6) is 0 Å². The lowest BCUT2D eigenvalue weighted by Crippen LogP contribution is -2.22. The van der Waals surface area contributed by atoms with Gasteiger partial charge < -0.3 is 4.90 Å². The largest absolute Gasteiger partial charge is 0.416 e. The van der Waals surface area contributed by atoms with Crippen molar-refractivity contribution in [2.24, 2.45) is 0 Å². The maximum absolute atomic E-state index is 12.9. The Hall–Kier alpha value is -2.34. The highest BCUT2D eigenvalue weighted by molar-refractivity contribution is 7.99. The highest BCUT2D eigenvalue weighted by Gasteiger charge is 2.35. The van der Waals surface area contributed by atoms with Crippen molar-refractivity contribution in [3.8, 4) is 6.07 Å². The third kappa shape index (κ3) is 3.26. The number of nitrogens with zero attached hydrogens (tertiary/aromatic N) is 2. The van der Waals surface area contributed by atoms with Gasteiger partial charge in [0, 0.05) is 9.79 Å². The number of fused-ring (bicyclic) bond motifs is 2. The van der Waals surface area contributed by atoms with Crippen molar-refractivity contribution < 1.29 is 26.3 Å². The van der Waals surface area contributed by atoms with Gasteiger partial charge in [0.1, 0.15) is 6.54 Å². The first kappa shape index (κ1) is 17.5. The van der Waals surface area contributed by atoms with Gasteiger partial charge in [0.15, 0.2) is 0 Å². The summed E-state index contributed by atoms with van der Waals surface area (Å²) in [6.45, 7) is -0.197. The molecule has 0 aliphatic carbocycles. The quantitative estimate of drug-likeness (QED) is 0.463. The highest BCUT2D eigenvalue weighted by Crippen LogP contribution is 2.50. The van der Waals surface area contributed by atoms with Crippen LogP contribution in [0, 0.1) is 11.3 Å². The molecule has 0 amide bonds. The van der Waals surface area contributed by atoms with E-state index in [9.17, 15) is 26.3 Å². The van der Waals surface area contributed by atoms with Crippen LogP contribution in [0.4, 0.5) is 37.7 Å². The Kier molecular flexibility index (Phi) is 4.11. The van der Waals surface area contributed by atoms with Gasteiger partial charge in [0.25, 0.3) is 0 Å². The Morgan fingerprint density at radius 3 is 1.64 bits per heavy atom. The van der Waals surface area contributed by atoms with Gasteiger partial charge in [-0.1, -0.05) is 11.8 Å². The summed E-state index contributed by atoms with van der Waals surface area (Å²) in [5.41, 5.74) is -1.09. The third-order valence-electron chi connectivity index (χ3n) is 3.60. The number of benzene rings is 2. The van der Waals surface area contributed by atoms with Gasteiger partial charge in [-0.15, -0.1) is 0 Å². The van der Waals surface area contributed by atoms with E-state index >= 15 is 0 Å². The van der Waals surface area contributed by atoms with Crippen LogP contribution in [-0.4, -0.2) is 6.54 Å². The Morgan fingerprint density at radius 2 is 1.28 bits per heavy atom. The minimum Gasteiger partial charge on any atom is -0.326 e. The van der Waals surface area contributed by atoms with Crippen molar-refractivity contribution in [3.63, 3.8) is 0 Å². The summed E-state index contributed by atoms with van der Waals surface area (Å²) in [4.78, 5) is 1.70. The van der Waals surface area contributed by atoms with Gasteiger partial charge in [0.2, 0.25) is 0 Å². The first-order valence-electron chi connectivity index (χ1n) is 6.86. The SMILES string of the molecule is N#CCN1c2ccc(C(F)(F)F)cc2Sc2cc(C(F)(F)F)ccc21. The molecule has 1 heterocycles. The van der Waals surface area contributed by atoms with E-state index in [2.05, 4.69) is 0 Å². The number of rotatable bonds is 1. The second-order valence-electron chi connectivity index (χ2n) is 5.21. The fraction of sp³-hybridized carbons (Fsp3) is 0.188. The molecule has 3 rings (SSSR count). The molecule has 0 atom stereocenters. The second kappa shape index (κ2) is 5.88. The number of alkyl halides is 6. The molecule has 0 saturated heterocycles. The van der Waals surface area contributed by atoms with Gasteiger partial charge in [-0.25, -0.2) is 0 Å². The van der Waals surface area contributed by atoms with Crippen LogP contribution >= 0.6 is 11.8 Å². The number of hydrogen-bond acceptors (Lipinski definition) is 3. The normalized spacial score (nSPS) is 13.9. The van der Waals surface area contributed by atoms with Gasteiger partial charge in [-0.05, 0) is 36.4 Å². The molecule has 1 aliphatic rings. The maximum atomic E-state index is 12.9. The highest BCUT2D eigenvalue weighted by atomic mass is 32.2. The van der Waals surface area contributed by atoms with Crippen LogP contribution in [0.15, 0.2) is 46.2 Å². The van der Waals surface area contributed by atoms with E-state index in [-0.39, 0.29) is 16.3 Å². The number of hydrogen-bond donors (Lipinski definition) is 0. The van der Waals surface area contributed by atoms with Crippen molar-refractivity contribution >= 4 is 23.1 Å². The molecule has 9 heteroatoms. The molecule has 1 aliphatic heterocycles. The molecule has 0 bridgehead atoms. The van der Waals surface area contributed by atoms with Gasteiger partial charge in [0.05, 0.1) is 28.6 Å². The molecule has 0 saturated carbocycles. The molecular weight excluding hydrogens is 366 g/mol. The molecular formula is C16H8F6N2S. The van der Waals surface area contributed by atoms with Crippen molar-refractivity contribution in [2.75, 3.05) is 11.4 Å². The van der Waals surface area contributed by atoms with E-state index in [1.807, 2.05) is 6.07 Å². The van der Waals surface area contributed by atoms with E-state index in [1.54, 1.807) is 0 Å². The summed E-state index contributed by atoms with van der Waals surface area (Å²) in [6, 6.07) is 7.87. The first-order valence-corrected chi connectivity index (χ1v) is 7.68. The Balaban J connectivity index is 2.13. The fourth-order valence-corrected chi connectivity index (χ4v) is 3.65. The Labute approximate surface area is 142 Å². The molecule has 0 spiro atoms. The zero-order chi connectivity index (χ0) is 18.4. The van der Waals surface area contributed by atoms with E-state index in [1.165, 1.54) is 17.0 Å². The van der Waals surface area contributed by atoms with Crippen LogP contribution in [-0.2, 0) is 12.4 Å². The standard InChI is InChI=1S/C16H8F6N2S/c17-15(18,19)9-1-3-11-13(7-9)25-14-8-10(16(20,21)22)2-4-12(14)24(11)6-5-23/h1-4,7-8H,6H2. The van der Waals surface area contributed by atoms with Crippen LogP contribution in [0.1, 0.15) is 11.1 Å². The first-order chi connectivity index (χ1) is 11.6. The summed E-state index contributed by atoms with van der Waals surface area (Å²) in [6.07, 6.45) is -9.13. The molecule has 25 heavy (non-hydrogen) atoms. The number of halogens is 6. The molecule has 130 valence electrons. The predicted octanol–water partition coefficient (Wildman–Crippen LogP) is 5.85. The Bertz CT molecular complexity index is 803. The van der Waals surface area contributed by atoms with Crippen molar-refractivity contribution in [1.29, 1.82) is 5.26 Å². The number of nitriles is 1. The summed E-state index contributed by atoms with van der Waals surface area (Å²) in [5.74, 6) is 0. The zero-order valence-electron chi connectivity index (χ0n) is 12.2. The van der Waals surface area contributed by atoms with Crippen LogP contribution in [0.2, 0.25) is 0 Å². The van der Waals surface area contributed by atoms with Crippen LogP contribution < -0.4 is 4.90 Å². The maximum Gasteiger partial charge on any atom is 0.416 e. The lowest BCUT2D eigenvalue weighted by atomic mass is 10.1. The lowest BCUT2D eigenvalue weighted by Gasteiger charge is -2.31. The average molecular weight is 374 g/mol. The minimum absolute atomic E-state index is 0.150. The third-order valence-corrected chi connectivity index (χ3v) is 4.70. The summed E-state index contributed by atoms with van der Waals surface area (Å²) in [7, 11) is 0. The van der Waals surface area contributed by atoms with Crippen molar-refractivity contribution in [2.45, 2.75) is 22.1 Å². The lowest BCUT2D eigenvalue weighted by molar-refractivity contribution is -0.138. The molecule has 2 nitrogen and oxygen atoms in total. The van der Waals surface area contributed by atoms with Crippen LogP contribution in [0.3, 0.4) is 0 Å². The molecule has 2 aromatic rings. The minimum atomic E-state index is -4.57. The Morgan fingerprint density at radius 1 is 0.840 bits per heavy atom. The molecule has 0 radical (unpaired) electrons. The van der Waals surface area contributed by atoms with E-state index < -0.39 is 23.5 Å². The molecule has 0 unspecified atom stereocenters. The van der Waals surface area contributed by atoms with Crippen LogP contribution in [0.25, 0.3) is 0 Å². The van der Waals surface area contributed by atoms with E-state index in [0.717, 1.165) is 36.0 Å². The smallest absolute Gasteiger partial charge is 0.326 e. The summed E-state index contributed by atoms with van der Waals surface area (Å²) < 4.78 is 77.4. The second-order valence-corrected chi connectivity index (χ2v) is 6.29. The van der Waals surface area contributed by atoms with Crippen molar-refractivity contribution in [1.82, 2.24) is 0 Å². The van der Waals surface area contributed by atoms with Gasteiger partial charge >= 0.3 is 12.4 Å². The average Bonchev–Trinajstić information content (AvgIpc) is 2.52. The van der Waals surface area contributed by atoms with Crippen molar-refractivity contribution in [3.05, 3.63) is 47.5 Å². The summed E-state index contributed by atoms with van der Waals surface area (Å²) in [5, 5.41) is 8.98.